The van der Waals surface area contributed by atoms with Crippen LogP contribution >= 0.6 is 0 Å². The van der Waals surface area contributed by atoms with Crippen molar-refractivity contribution in [3.63, 3.8) is 0 Å². The van der Waals surface area contributed by atoms with Crippen molar-refractivity contribution in [2.45, 2.75) is 18.6 Å². The van der Waals surface area contributed by atoms with Gasteiger partial charge in [-0.25, -0.2) is 12.1 Å². The molecule has 0 nitrogen and oxygen atoms in total. The predicted octanol–water partition coefficient (Wildman–Crippen LogP) is 1.68. The molecule has 104 valence electrons. The second-order valence-corrected chi connectivity index (χ2v) is 11.1. The monoisotopic (exact) mass is 294 g/mol. The van der Waals surface area contributed by atoms with Crippen LogP contribution in [0.3, 0.4) is 0 Å². The van der Waals surface area contributed by atoms with Gasteiger partial charge in [-0.3, -0.25) is 0 Å². The Kier molecular flexibility index (Phi) is 3.99. The molecule has 0 aromatic heterocycles. The van der Waals surface area contributed by atoms with Crippen LogP contribution in [0.25, 0.3) is 11.1 Å². The summed E-state index contributed by atoms with van der Waals surface area (Å²) in [5.41, 5.74) is 6.48. The second-order valence-electron chi connectivity index (χ2n) is 6.50. The molecule has 0 N–H and O–H groups in total. The van der Waals surface area contributed by atoms with Crippen molar-refractivity contribution in [3.8, 4) is 11.1 Å². The molecule has 0 fully saturated rings. The van der Waals surface area contributed by atoms with Gasteiger partial charge >= 0.3 is 18.9 Å². The summed E-state index contributed by atoms with van der Waals surface area (Å²) in [6, 6.07) is 26.9. The van der Waals surface area contributed by atoms with Gasteiger partial charge in [-0.15, -0.1) is 0 Å². The average molecular weight is 294 g/mol. The fourth-order valence-electron chi connectivity index (χ4n) is 3.90. The summed E-state index contributed by atoms with van der Waals surface area (Å²) in [5, 5.41) is 1.55. The largest absolute Gasteiger partial charge is 1.00 e. The van der Waals surface area contributed by atoms with Crippen LogP contribution in [0.1, 0.15) is 16.7 Å². The van der Waals surface area contributed by atoms with Gasteiger partial charge < -0.3 is 0 Å². The van der Waals surface area contributed by atoms with Crippen molar-refractivity contribution in [2.24, 2.45) is 0 Å². The zero-order valence-corrected chi connectivity index (χ0v) is 14.5. The van der Waals surface area contributed by atoms with Crippen LogP contribution in [0.4, 0.5) is 0 Å². The summed E-state index contributed by atoms with van der Waals surface area (Å²) >= 11 is 0. The first-order chi connectivity index (χ1) is 10.2. The maximum absolute atomic E-state index is 2.51. The summed E-state index contributed by atoms with van der Waals surface area (Å²) in [5.74, 6) is 0. The van der Waals surface area contributed by atoms with Crippen LogP contribution in [0.2, 0.25) is 13.1 Å². The molecule has 0 saturated carbocycles. The summed E-state index contributed by atoms with van der Waals surface area (Å²) in [6.07, 6.45) is 0. The molecule has 0 bridgehead atoms. The Morgan fingerprint density at radius 2 is 1.18 bits per heavy atom. The predicted molar refractivity (Wildman–Crippen MR) is 92.9 cm³/mol. The van der Waals surface area contributed by atoms with E-state index in [2.05, 4.69) is 85.9 Å². The van der Waals surface area contributed by atoms with Gasteiger partial charge in [0.1, 0.15) is 0 Å². The van der Waals surface area contributed by atoms with E-state index in [1.54, 1.807) is 5.19 Å². The first-order valence-electron chi connectivity index (χ1n) is 7.60. The molecule has 0 unspecified atom stereocenters. The van der Waals surface area contributed by atoms with Gasteiger partial charge in [-0.05, 0) is 27.8 Å². The van der Waals surface area contributed by atoms with Crippen LogP contribution < -0.4 is 24.0 Å². The topological polar surface area (TPSA) is 0 Å². The number of hydrogen-bond acceptors (Lipinski definition) is 0. The molecule has 0 spiro atoms. The minimum absolute atomic E-state index is 0. The van der Waals surface area contributed by atoms with Crippen LogP contribution in [-0.2, 0) is 0 Å². The van der Waals surface area contributed by atoms with Gasteiger partial charge in [0.2, 0.25) is 0 Å². The molecule has 0 saturated heterocycles. The first-order valence-corrected chi connectivity index (χ1v) is 10.7. The molecule has 22 heavy (non-hydrogen) atoms. The minimum atomic E-state index is -1.60. The fourth-order valence-corrected chi connectivity index (χ4v) is 7.35. The molecule has 1 aliphatic carbocycles. The van der Waals surface area contributed by atoms with Crippen LogP contribution in [0.15, 0.2) is 72.8 Å². The van der Waals surface area contributed by atoms with Crippen LogP contribution in [0, 0.1) is 0 Å². The zero-order valence-electron chi connectivity index (χ0n) is 13.5. The van der Waals surface area contributed by atoms with Gasteiger partial charge in [-0.2, -0.15) is 17.3 Å². The van der Waals surface area contributed by atoms with Crippen molar-refractivity contribution in [2.75, 3.05) is 0 Å². The Bertz CT molecular complexity index is 741. The number of hydrogen-bond donors (Lipinski definition) is 0. The normalized spacial score (nSPS) is 13.4. The quantitative estimate of drug-likeness (QED) is 0.498. The van der Waals surface area contributed by atoms with Crippen molar-refractivity contribution in [1.82, 2.24) is 0 Å². The van der Waals surface area contributed by atoms with E-state index in [1.807, 2.05) is 0 Å². The van der Waals surface area contributed by atoms with Crippen molar-refractivity contribution < 1.29 is 18.9 Å². The summed E-state index contributed by atoms with van der Waals surface area (Å²) in [7, 11) is -1.60. The Morgan fingerprint density at radius 1 is 0.727 bits per heavy atom. The van der Waals surface area contributed by atoms with Gasteiger partial charge in [0, 0.05) is 8.07 Å². The molecule has 1 aliphatic rings. The average Bonchev–Trinajstić information content (AvgIpc) is 3.14. The first kappa shape index (κ1) is 15.5. The molecule has 0 amide bonds. The van der Waals surface area contributed by atoms with Crippen molar-refractivity contribution >= 4 is 13.3 Å². The molecule has 4 rings (SSSR count). The summed E-state index contributed by atoms with van der Waals surface area (Å²) in [4.78, 5) is 0. The molecule has 0 atom stereocenters. The summed E-state index contributed by atoms with van der Waals surface area (Å²) in [6.45, 7) is 5.01. The maximum Gasteiger partial charge on any atom is 1.00 e. The molecule has 0 radical (unpaired) electrons. The van der Waals surface area contributed by atoms with Gasteiger partial charge in [0.25, 0.3) is 0 Å². The zero-order chi connectivity index (χ0) is 14.4. The number of rotatable bonds is 2. The standard InChI is InChI=1S/C20H19Si.Li/c1-21(2,15-9-3-4-10-15)20-18-13-7-5-11-16(18)17-12-6-8-14-19(17)20;/h3-14,20H,1-2H3;/q-1;+1. The van der Waals surface area contributed by atoms with Crippen molar-refractivity contribution in [1.29, 1.82) is 0 Å². The third kappa shape index (κ3) is 2.17. The van der Waals surface area contributed by atoms with E-state index in [9.17, 15) is 0 Å². The van der Waals surface area contributed by atoms with Gasteiger partial charge in [0.05, 0.1) is 0 Å². The fraction of sp³-hybridized carbons (Fsp3) is 0.150. The molecular formula is C20H19LiSi. The number of benzene rings is 2. The van der Waals surface area contributed by atoms with E-state index < -0.39 is 8.07 Å². The Balaban J connectivity index is 0.00000144. The minimum Gasteiger partial charge on any atom is -0.214 e. The van der Waals surface area contributed by atoms with Crippen LogP contribution in [0.5, 0.6) is 0 Å². The van der Waals surface area contributed by atoms with E-state index in [1.165, 1.54) is 22.3 Å². The maximum atomic E-state index is 2.51. The van der Waals surface area contributed by atoms with E-state index in [0.29, 0.717) is 5.54 Å². The van der Waals surface area contributed by atoms with Crippen LogP contribution in [-0.4, -0.2) is 8.07 Å². The van der Waals surface area contributed by atoms with E-state index in [-0.39, 0.29) is 18.9 Å². The molecule has 2 heteroatoms. The third-order valence-electron chi connectivity index (χ3n) is 4.96. The van der Waals surface area contributed by atoms with E-state index in [0.717, 1.165) is 0 Å². The SMILES string of the molecule is C[Si](C)([c-]1cccc1)C1c2ccccc2-c2ccccc21.[Li+]. The number of fused-ring (bicyclic) bond motifs is 3. The van der Waals surface area contributed by atoms with Gasteiger partial charge in [-0.1, -0.05) is 61.6 Å². The van der Waals surface area contributed by atoms with E-state index in [4.69, 9.17) is 0 Å². The molecule has 0 heterocycles. The Labute approximate surface area is 145 Å². The smallest absolute Gasteiger partial charge is 0.214 e. The molecule has 3 aromatic rings. The van der Waals surface area contributed by atoms with Gasteiger partial charge in [0.15, 0.2) is 0 Å². The molecule has 3 aromatic carbocycles. The second kappa shape index (κ2) is 5.67. The molecular weight excluding hydrogens is 275 g/mol. The Hall–Kier alpha value is -1.40. The van der Waals surface area contributed by atoms with Crippen molar-refractivity contribution in [3.05, 3.63) is 83.9 Å². The summed E-state index contributed by atoms with van der Waals surface area (Å²) < 4.78 is 0. The third-order valence-corrected chi connectivity index (χ3v) is 8.85. The Morgan fingerprint density at radius 3 is 1.68 bits per heavy atom. The molecule has 0 aliphatic heterocycles. The van der Waals surface area contributed by atoms with E-state index >= 15 is 0 Å².